The summed E-state index contributed by atoms with van der Waals surface area (Å²) in [5.74, 6) is 0. The van der Waals surface area contributed by atoms with Gasteiger partial charge in [0.1, 0.15) is 0 Å². The lowest BCUT2D eigenvalue weighted by atomic mass is 9.70. The molecule has 0 amide bonds. The lowest BCUT2D eigenvalue weighted by Gasteiger charge is -2.30. The Morgan fingerprint density at radius 1 is 0.295 bits per heavy atom. The maximum absolute atomic E-state index is 2.41. The van der Waals surface area contributed by atoms with Crippen molar-refractivity contribution in [3.8, 4) is 33.4 Å². The number of nitrogens with zero attached hydrogens (tertiary/aromatic N) is 1. The molecule has 7 aromatic carbocycles. The number of para-hydroxylation sites is 2. The summed E-state index contributed by atoms with van der Waals surface area (Å²) < 4.78 is 0. The predicted octanol–water partition coefficient (Wildman–Crippen LogP) is 11.2. The van der Waals surface area contributed by atoms with Crippen LogP contribution in [-0.4, -0.2) is 0 Å². The van der Waals surface area contributed by atoms with Gasteiger partial charge in [0.2, 0.25) is 0 Å². The van der Waals surface area contributed by atoms with E-state index in [-0.39, 0.29) is 5.41 Å². The molecule has 44 heavy (non-hydrogen) atoms. The molecule has 0 fully saturated rings. The summed E-state index contributed by atoms with van der Waals surface area (Å²) in [6.45, 7) is 0. The molecule has 0 saturated heterocycles. The van der Waals surface area contributed by atoms with E-state index >= 15 is 0 Å². The van der Waals surface area contributed by atoms with Gasteiger partial charge in [0, 0.05) is 17.1 Å². The van der Waals surface area contributed by atoms with Crippen LogP contribution in [0.1, 0.15) is 22.3 Å². The van der Waals surface area contributed by atoms with Crippen molar-refractivity contribution in [3.05, 3.63) is 198 Å². The summed E-state index contributed by atoms with van der Waals surface area (Å²) in [5, 5.41) is 0. The first-order valence-electron chi connectivity index (χ1n) is 15.3. The second-order valence-corrected chi connectivity index (χ2v) is 11.7. The van der Waals surface area contributed by atoms with Crippen LogP contribution in [0.25, 0.3) is 33.4 Å². The van der Waals surface area contributed by atoms with Gasteiger partial charge in [0.15, 0.2) is 0 Å². The van der Waals surface area contributed by atoms with Crippen LogP contribution in [0.3, 0.4) is 0 Å². The van der Waals surface area contributed by atoms with Crippen LogP contribution < -0.4 is 4.90 Å². The maximum atomic E-state index is 2.41. The highest BCUT2D eigenvalue weighted by Crippen LogP contribution is 2.62. The molecule has 0 radical (unpaired) electrons. The third-order valence-corrected chi connectivity index (χ3v) is 9.48. The van der Waals surface area contributed by atoms with Gasteiger partial charge in [-0.2, -0.15) is 0 Å². The standard InChI is InChI=1S/C43H29N/c1-3-13-32(14-4-1)44(33-15-5-2-6-16-33)34-26-23-30(24-27-34)31-25-28-42-38(29-31)37-19-9-12-22-41(37)43(42)39-20-10-7-17-35(39)36-18-8-11-21-40(36)43/h1-29H. The van der Waals surface area contributed by atoms with Gasteiger partial charge in [-0.3, -0.25) is 0 Å². The summed E-state index contributed by atoms with van der Waals surface area (Å²) in [7, 11) is 0. The van der Waals surface area contributed by atoms with Gasteiger partial charge in [0.25, 0.3) is 0 Å². The second kappa shape index (κ2) is 9.69. The summed E-state index contributed by atoms with van der Waals surface area (Å²) in [4.78, 5) is 2.31. The Hall–Kier alpha value is -5.66. The van der Waals surface area contributed by atoms with Gasteiger partial charge in [0.05, 0.1) is 5.41 Å². The minimum atomic E-state index is -0.298. The van der Waals surface area contributed by atoms with E-state index in [1.807, 2.05) is 0 Å². The van der Waals surface area contributed by atoms with Crippen molar-refractivity contribution >= 4 is 17.1 Å². The molecule has 0 saturated carbocycles. The van der Waals surface area contributed by atoms with Crippen molar-refractivity contribution < 1.29 is 0 Å². The molecular formula is C43H29N. The SMILES string of the molecule is c1ccc(N(c2ccccc2)c2ccc(-c3ccc4c(c3)-c3ccccc3C43c4ccccc4-c4ccccc43)cc2)cc1. The predicted molar refractivity (Wildman–Crippen MR) is 183 cm³/mol. The normalized spacial score (nSPS) is 13.2. The van der Waals surface area contributed by atoms with Gasteiger partial charge in [-0.1, -0.05) is 133 Å². The summed E-state index contributed by atoms with van der Waals surface area (Å²) in [6.07, 6.45) is 0. The Kier molecular flexibility index (Phi) is 5.48. The molecule has 2 aliphatic carbocycles. The van der Waals surface area contributed by atoms with Crippen LogP contribution >= 0.6 is 0 Å². The Labute approximate surface area is 258 Å². The van der Waals surface area contributed by atoms with Crippen LogP contribution in [-0.2, 0) is 5.41 Å². The van der Waals surface area contributed by atoms with Crippen LogP contribution in [0.4, 0.5) is 17.1 Å². The molecule has 1 heteroatoms. The number of hydrogen-bond acceptors (Lipinski definition) is 1. The van der Waals surface area contributed by atoms with E-state index in [9.17, 15) is 0 Å². The topological polar surface area (TPSA) is 3.24 Å². The minimum Gasteiger partial charge on any atom is -0.311 e. The lowest BCUT2D eigenvalue weighted by Crippen LogP contribution is -2.25. The average molecular weight is 560 g/mol. The molecule has 0 aromatic heterocycles. The molecule has 1 nitrogen and oxygen atoms in total. The van der Waals surface area contributed by atoms with Crippen molar-refractivity contribution in [2.45, 2.75) is 5.41 Å². The molecular weight excluding hydrogens is 530 g/mol. The fourth-order valence-corrected chi connectivity index (χ4v) is 7.68. The third-order valence-electron chi connectivity index (χ3n) is 9.48. The van der Waals surface area contributed by atoms with Crippen molar-refractivity contribution in [3.63, 3.8) is 0 Å². The molecule has 0 aliphatic heterocycles. The third kappa shape index (κ3) is 3.47. The molecule has 9 rings (SSSR count). The van der Waals surface area contributed by atoms with Crippen molar-refractivity contribution in [2.75, 3.05) is 4.90 Å². The smallest absolute Gasteiger partial charge is 0.0725 e. The number of benzene rings is 7. The van der Waals surface area contributed by atoms with E-state index in [0.717, 1.165) is 17.1 Å². The maximum Gasteiger partial charge on any atom is 0.0725 e. The summed E-state index contributed by atoms with van der Waals surface area (Å²) in [5.41, 5.74) is 16.4. The Balaban J connectivity index is 1.18. The van der Waals surface area contributed by atoms with Gasteiger partial charge in [-0.25, -0.2) is 0 Å². The molecule has 0 N–H and O–H groups in total. The number of rotatable bonds is 4. The number of hydrogen-bond donors (Lipinski definition) is 0. The summed E-state index contributed by atoms with van der Waals surface area (Å²) in [6, 6.07) is 64.2. The van der Waals surface area contributed by atoms with E-state index < -0.39 is 0 Å². The van der Waals surface area contributed by atoms with Gasteiger partial charge < -0.3 is 4.90 Å². The fraction of sp³-hybridized carbons (Fsp3) is 0.0233. The Morgan fingerprint density at radius 3 is 1.20 bits per heavy atom. The molecule has 0 heterocycles. The molecule has 2 aliphatic rings. The molecule has 0 unspecified atom stereocenters. The van der Waals surface area contributed by atoms with Crippen LogP contribution in [0.15, 0.2) is 176 Å². The largest absolute Gasteiger partial charge is 0.311 e. The first-order chi connectivity index (χ1) is 21.8. The quantitative estimate of drug-likeness (QED) is 0.207. The van der Waals surface area contributed by atoms with E-state index in [2.05, 4.69) is 181 Å². The molecule has 1 spiro atoms. The highest BCUT2D eigenvalue weighted by molar-refractivity contribution is 5.96. The average Bonchev–Trinajstić information content (AvgIpc) is 3.57. The zero-order valence-corrected chi connectivity index (χ0v) is 24.2. The second-order valence-electron chi connectivity index (χ2n) is 11.7. The van der Waals surface area contributed by atoms with Crippen LogP contribution in [0.5, 0.6) is 0 Å². The monoisotopic (exact) mass is 559 g/mol. The van der Waals surface area contributed by atoms with Crippen LogP contribution in [0.2, 0.25) is 0 Å². The zero-order chi connectivity index (χ0) is 29.1. The fourth-order valence-electron chi connectivity index (χ4n) is 7.68. The lowest BCUT2D eigenvalue weighted by molar-refractivity contribution is 0.794. The van der Waals surface area contributed by atoms with Crippen molar-refractivity contribution in [1.82, 2.24) is 0 Å². The van der Waals surface area contributed by atoms with Gasteiger partial charge in [-0.15, -0.1) is 0 Å². The molecule has 206 valence electrons. The van der Waals surface area contributed by atoms with E-state index in [4.69, 9.17) is 0 Å². The number of fused-ring (bicyclic) bond motifs is 10. The molecule has 0 atom stereocenters. The van der Waals surface area contributed by atoms with Crippen LogP contribution in [0, 0.1) is 0 Å². The van der Waals surface area contributed by atoms with Crippen molar-refractivity contribution in [1.29, 1.82) is 0 Å². The minimum absolute atomic E-state index is 0.298. The first-order valence-corrected chi connectivity index (χ1v) is 15.3. The van der Waals surface area contributed by atoms with Crippen molar-refractivity contribution in [2.24, 2.45) is 0 Å². The highest BCUT2D eigenvalue weighted by atomic mass is 15.1. The molecule has 0 bridgehead atoms. The molecule has 7 aromatic rings. The zero-order valence-electron chi connectivity index (χ0n) is 24.2. The number of anilines is 3. The van der Waals surface area contributed by atoms with E-state index in [1.165, 1.54) is 55.6 Å². The van der Waals surface area contributed by atoms with E-state index in [1.54, 1.807) is 0 Å². The van der Waals surface area contributed by atoms with E-state index in [0.29, 0.717) is 0 Å². The summed E-state index contributed by atoms with van der Waals surface area (Å²) >= 11 is 0. The Morgan fingerprint density at radius 2 is 0.682 bits per heavy atom. The highest BCUT2D eigenvalue weighted by Gasteiger charge is 2.51. The van der Waals surface area contributed by atoms with Gasteiger partial charge >= 0.3 is 0 Å². The first kappa shape index (κ1) is 24.9. The van der Waals surface area contributed by atoms with Gasteiger partial charge in [-0.05, 0) is 98.1 Å². The Bertz CT molecular complexity index is 2080.